The molecule has 1 saturated heterocycles. The normalized spacial score (nSPS) is 22.6. The lowest BCUT2D eigenvalue weighted by molar-refractivity contribution is 0.392. The van der Waals surface area contributed by atoms with Crippen molar-refractivity contribution in [3.8, 4) is 11.1 Å². The Morgan fingerprint density at radius 2 is 2.20 bits per heavy atom. The van der Waals surface area contributed by atoms with Crippen LogP contribution < -0.4 is 21.3 Å². The first kappa shape index (κ1) is 16.5. The molecule has 1 fully saturated rings. The van der Waals surface area contributed by atoms with Crippen LogP contribution in [0, 0.1) is 11.7 Å². The molecule has 5 nitrogen and oxygen atoms in total. The van der Waals surface area contributed by atoms with Gasteiger partial charge in [0, 0.05) is 18.3 Å². The minimum absolute atomic E-state index is 0.168. The topological polar surface area (TPSA) is 63.9 Å². The molecule has 0 aliphatic carbocycles. The molecule has 2 aliphatic rings. The average Bonchev–Trinajstić information content (AvgIpc) is 3.05. The average molecular weight is 364 g/mol. The third kappa shape index (κ3) is 3.55. The van der Waals surface area contributed by atoms with E-state index in [4.69, 9.17) is 11.6 Å². The van der Waals surface area contributed by atoms with Gasteiger partial charge in [-0.15, -0.1) is 0 Å². The minimum atomic E-state index is -0.224. The van der Waals surface area contributed by atoms with E-state index in [9.17, 15) is 4.39 Å². The maximum Gasteiger partial charge on any atom is 0.146 e. The van der Waals surface area contributed by atoms with Crippen LogP contribution in [-0.2, 0) is 0 Å². The highest BCUT2D eigenvalue weighted by molar-refractivity contribution is 6.22. The van der Waals surface area contributed by atoms with Crippen molar-refractivity contribution in [1.29, 1.82) is 0 Å². The smallest absolute Gasteiger partial charge is 0.146 e. The predicted molar refractivity (Wildman–Crippen MR) is 102 cm³/mol. The highest BCUT2D eigenvalue weighted by Gasteiger charge is 2.21. The number of alkyl halides is 1. The molecule has 1 aromatic carbocycles. The Hall–Kier alpha value is -1.92. The fourth-order valence-electron chi connectivity index (χ4n) is 3.52. The molecule has 1 aromatic heterocycles. The van der Waals surface area contributed by atoms with Crippen molar-refractivity contribution >= 4 is 28.8 Å². The Balaban J connectivity index is 1.54. The zero-order valence-corrected chi connectivity index (χ0v) is 14.7. The summed E-state index contributed by atoms with van der Waals surface area (Å²) in [6.45, 7) is 3.51. The van der Waals surface area contributed by atoms with Gasteiger partial charge in [0.1, 0.15) is 17.1 Å². The molecule has 25 heavy (non-hydrogen) atoms. The summed E-state index contributed by atoms with van der Waals surface area (Å²) in [4.78, 5) is 3.21. The summed E-state index contributed by atoms with van der Waals surface area (Å²) >= 11 is 6.19. The number of piperidine rings is 1. The number of hydrogen-bond donors (Lipinski definition) is 5. The first-order chi connectivity index (χ1) is 12.2. The third-order valence-electron chi connectivity index (χ3n) is 4.90. The van der Waals surface area contributed by atoms with E-state index < -0.39 is 0 Å². The van der Waals surface area contributed by atoms with E-state index in [1.807, 2.05) is 12.3 Å². The van der Waals surface area contributed by atoms with Gasteiger partial charge in [-0.2, -0.15) is 0 Å². The summed E-state index contributed by atoms with van der Waals surface area (Å²) in [5.74, 6) is 1.23. The van der Waals surface area contributed by atoms with Crippen LogP contribution in [0.4, 0.5) is 21.6 Å². The Morgan fingerprint density at radius 1 is 1.28 bits per heavy atom. The Bertz CT molecular complexity index is 741. The number of H-pyrrole nitrogens is 1. The van der Waals surface area contributed by atoms with Crippen LogP contribution in [0.5, 0.6) is 0 Å². The second-order valence-electron chi connectivity index (χ2n) is 6.73. The van der Waals surface area contributed by atoms with Crippen LogP contribution in [0.25, 0.3) is 11.1 Å². The molecule has 2 aromatic rings. The van der Waals surface area contributed by atoms with Crippen molar-refractivity contribution in [1.82, 2.24) is 10.3 Å². The summed E-state index contributed by atoms with van der Waals surface area (Å²) in [5.41, 5.74) is 3.24. The van der Waals surface area contributed by atoms with Gasteiger partial charge < -0.3 is 26.3 Å². The lowest BCUT2D eigenvalue weighted by Crippen LogP contribution is -2.33. The summed E-state index contributed by atoms with van der Waals surface area (Å²) in [6.07, 6.45) is 4.28. The first-order valence-corrected chi connectivity index (χ1v) is 9.24. The fourth-order valence-corrected chi connectivity index (χ4v) is 3.71. The van der Waals surface area contributed by atoms with Gasteiger partial charge in [0.25, 0.3) is 0 Å². The van der Waals surface area contributed by atoms with Crippen LogP contribution in [0.1, 0.15) is 12.8 Å². The second-order valence-corrected chi connectivity index (χ2v) is 7.26. The standard InChI is InChI=1S/C18H23ClFN5/c19-16-10-24-18-17(25-16)13(9-23-18)12-3-4-14(20)15(6-12)22-8-11-2-1-5-21-7-11/h3-4,6,9,11,16,21-25H,1-2,5,7-8,10H2. The van der Waals surface area contributed by atoms with Gasteiger partial charge in [0.05, 0.1) is 17.9 Å². The van der Waals surface area contributed by atoms with Crippen LogP contribution in [-0.4, -0.2) is 36.7 Å². The third-order valence-corrected chi connectivity index (χ3v) is 5.16. The molecule has 2 atom stereocenters. The van der Waals surface area contributed by atoms with Crippen LogP contribution >= 0.6 is 11.6 Å². The molecule has 2 unspecified atom stereocenters. The summed E-state index contributed by atoms with van der Waals surface area (Å²) in [6, 6.07) is 5.19. The van der Waals surface area contributed by atoms with Crippen molar-refractivity contribution < 1.29 is 4.39 Å². The van der Waals surface area contributed by atoms with E-state index >= 15 is 0 Å². The maximum absolute atomic E-state index is 14.2. The molecule has 0 radical (unpaired) electrons. The molecule has 0 amide bonds. The molecule has 5 N–H and O–H groups in total. The van der Waals surface area contributed by atoms with Crippen molar-refractivity contribution in [2.45, 2.75) is 18.3 Å². The SMILES string of the molecule is Fc1ccc(-c2c[nH]c3c2NC(Cl)CN3)cc1NCC1CCCNC1. The summed E-state index contributed by atoms with van der Waals surface area (Å²) in [5, 5.41) is 13.2. The van der Waals surface area contributed by atoms with Gasteiger partial charge >= 0.3 is 0 Å². The quantitative estimate of drug-likeness (QED) is 0.425. The molecule has 0 bridgehead atoms. The molecular weight excluding hydrogens is 341 g/mol. The number of halogens is 2. The molecule has 2 aliphatic heterocycles. The maximum atomic E-state index is 14.2. The molecule has 4 rings (SSSR count). The number of aromatic nitrogens is 1. The highest BCUT2D eigenvalue weighted by Crippen LogP contribution is 2.38. The molecule has 7 heteroatoms. The minimum Gasteiger partial charge on any atom is -0.382 e. The molecule has 3 heterocycles. The number of anilines is 3. The van der Waals surface area contributed by atoms with Gasteiger partial charge in [-0.1, -0.05) is 17.7 Å². The lowest BCUT2D eigenvalue weighted by atomic mass is 9.99. The molecule has 134 valence electrons. The van der Waals surface area contributed by atoms with Gasteiger partial charge in [0.2, 0.25) is 0 Å². The monoisotopic (exact) mass is 363 g/mol. The van der Waals surface area contributed by atoms with E-state index in [-0.39, 0.29) is 11.3 Å². The van der Waals surface area contributed by atoms with Crippen LogP contribution in [0.2, 0.25) is 0 Å². The van der Waals surface area contributed by atoms with Gasteiger partial charge in [-0.05, 0) is 49.5 Å². The number of fused-ring (bicyclic) bond motifs is 1. The molecule has 0 spiro atoms. The Morgan fingerprint density at radius 3 is 3.04 bits per heavy atom. The van der Waals surface area contributed by atoms with E-state index in [1.54, 1.807) is 6.07 Å². The number of hydrogen-bond acceptors (Lipinski definition) is 4. The van der Waals surface area contributed by atoms with Gasteiger partial charge in [0.15, 0.2) is 0 Å². The van der Waals surface area contributed by atoms with Crippen molar-refractivity contribution in [2.24, 2.45) is 5.92 Å². The van der Waals surface area contributed by atoms with Crippen molar-refractivity contribution in [3.63, 3.8) is 0 Å². The zero-order chi connectivity index (χ0) is 17.2. The molecular formula is C18H23ClFN5. The second kappa shape index (κ2) is 7.14. The van der Waals surface area contributed by atoms with Gasteiger partial charge in [-0.25, -0.2) is 4.39 Å². The van der Waals surface area contributed by atoms with E-state index in [0.717, 1.165) is 42.3 Å². The Kier molecular flexibility index (Phi) is 4.72. The molecule has 0 saturated carbocycles. The van der Waals surface area contributed by atoms with Crippen molar-refractivity contribution in [2.75, 3.05) is 42.1 Å². The number of benzene rings is 1. The lowest BCUT2D eigenvalue weighted by Gasteiger charge is -2.24. The highest BCUT2D eigenvalue weighted by atomic mass is 35.5. The first-order valence-electron chi connectivity index (χ1n) is 8.81. The fraction of sp³-hybridized carbons (Fsp3) is 0.444. The summed E-state index contributed by atoms with van der Waals surface area (Å²) in [7, 11) is 0. The van der Waals surface area contributed by atoms with Crippen LogP contribution in [0.3, 0.4) is 0 Å². The number of aromatic amines is 1. The largest absolute Gasteiger partial charge is 0.382 e. The van der Waals surface area contributed by atoms with E-state index in [0.29, 0.717) is 18.2 Å². The predicted octanol–water partition coefficient (Wildman–Crippen LogP) is 3.63. The van der Waals surface area contributed by atoms with Crippen molar-refractivity contribution in [3.05, 3.63) is 30.2 Å². The summed E-state index contributed by atoms with van der Waals surface area (Å²) < 4.78 is 14.2. The number of rotatable bonds is 4. The number of nitrogens with one attached hydrogen (secondary N) is 5. The van der Waals surface area contributed by atoms with Gasteiger partial charge in [-0.3, -0.25) is 0 Å². The Labute approximate surface area is 151 Å². The zero-order valence-electron chi connectivity index (χ0n) is 14.0. The van der Waals surface area contributed by atoms with E-state index in [1.165, 1.54) is 18.9 Å². The van der Waals surface area contributed by atoms with E-state index in [2.05, 4.69) is 26.3 Å². The van der Waals surface area contributed by atoms with Crippen LogP contribution in [0.15, 0.2) is 24.4 Å².